The van der Waals surface area contributed by atoms with Gasteiger partial charge in [-0.1, -0.05) is 0 Å². The Morgan fingerprint density at radius 3 is 3.00 bits per heavy atom. The third kappa shape index (κ3) is 2.04. The summed E-state index contributed by atoms with van der Waals surface area (Å²) in [4.78, 5) is 6.48. The van der Waals surface area contributed by atoms with Crippen LogP contribution in [0.4, 0.5) is 11.5 Å². The number of hydrogen-bond donors (Lipinski definition) is 1. The molecule has 1 aromatic rings. The standard InChI is InChI=1S/C11H17N3O/c1-8-5-10(12)11(13-6-8)14(2)9-3-4-15-7-9/h5-6,9H,3-4,7,12H2,1-2H3. The normalized spacial score (nSPS) is 20.5. The molecule has 82 valence electrons. The van der Waals surface area contributed by atoms with Gasteiger partial charge in [0, 0.05) is 19.9 Å². The van der Waals surface area contributed by atoms with Crippen LogP contribution in [0.3, 0.4) is 0 Å². The van der Waals surface area contributed by atoms with Gasteiger partial charge in [-0.15, -0.1) is 0 Å². The number of nitrogens with two attached hydrogens (primary N) is 1. The molecule has 0 aromatic carbocycles. The third-order valence-corrected chi connectivity index (χ3v) is 2.82. The number of aromatic nitrogens is 1. The van der Waals surface area contributed by atoms with E-state index < -0.39 is 0 Å². The van der Waals surface area contributed by atoms with E-state index in [1.165, 1.54) is 0 Å². The van der Waals surface area contributed by atoms with E-state index >= 15 is 0 Å². The molecule has 1 aromatic heterocycles. The highest BCUT2D eigenvalue weighted by molar-refractivity contribution is 5.63. The lowest BCUT2D eigenvalue weighted by Crippen LogP contribution is -2.33. The Morgan fingerprint density at radius 2 is 2.40 bits per heavy atom. The molecule has 15 heavy (non-hydrogen) atoms. The monoisotopic (exact) mass is 207 g/mol. The van der Waals surface area contributed by atoms with Crippen LogP contribution in [-0.2, 0) is 4.74 Å². The Labute approximate surface area is 90.0 Å². The van der Waals surface area contributed by atoms with Crippen LogP contribution in [0.1, 0.15) is 12.0 Å². The van der Waals surface area contributed by atoms with Crippen molar-refractivity contribution in [2.45, 2.75) is 19.4 Å². The molecule has 0 spiro atoms. The van der Waals surface area contributed by atoms with Crippen molar-refractivity contribution in [3.8, 4) is 0 Å². The van der Waals surface area contributed by atoms with Gasteiger partial charge in [-0.3, -0.25) is 0 Å². The van der Waals surface area contributed by atoms with Crippen molar-refractivity contribution < 1.29 is 4.74 Å². The molecule has 2 N–H and O–H groups in total. The van der Waals surface area contributed by atoms with E-state index in [0.717, 1.165) is 36.7 Å². The molecular weight excluding hydrogens is 190 g/mol. The molecule has 0 bridgehead atoms. The predicted octanol–water partition coefficient (Wildman–Crippen LogP) is 1.20. The molecule has 2 heterocycles. The summed E-state index contributed by atoms with van der Waals surface area (Å²) in [6.45, 7) is 3.60. The number of nitrogen functional groups attached to an aromatic ring is 1. The highest BCUT2D eigenvalue weighted by atomic mass is 16.5. The van der Waals surface area contributed by atoms with Crippen LogP contribution in [0.5, 0.6) is 0 Å². The fraction of sp³-hybridized carbons (Fsp3) is 0.545. The number of pyridine rings is 1. The smallest absolute Gasteiger partial charge is 0.151 e. The highest BCUT2D eigenvalue weighted by Gasteiger charge is 2.22. The maximum Gasteiger partial charge on any atom is 0.151 e. The van der Waals surface area contributed by atoms with Gasteiger partial charge >= 0.3 is 0 Å². The Balaban J connectivity index is 2.20. The molecule has 1 aliphatic heterocycles. The minimum Gasteiger partial charge on any atom is -0.396 e. The largest absolute Gasteiger partial charge is 0.396 e. The average Bonchev–Trinajstić information content (AvgIpc) is 2.69. The number of ether oxygens (including phenoxy) is 1. The summed E-state index contributed by atoms with van der Waals surface area (Å²) in [6.07, 6.45) is 2.89. The molecule has 4 heteroatoms. The first kappa shape index (κ1) is 10.2. The molecule has 0 radical (unpaired) electrons. The van der Waals surface area contributed by atoms with Crippen LogP contribution in [0.2, 0.25) is 0 Å². The summed E-state index contributed by atoms with van der Waals surface area (Å²) >= 11 is 0. The van der Waals surface area contributed by atoms with Crippen molar-refractivity contribution in [2.75, 3.05) is 30.9 Å². The molecular formula is C11H17N3O. The van der Waals surface area contributed by atoms with Crippen molar-refractivity contribution in [1.82, 2.24) is 4.98 Å². The molecule has 0 amide bonds. The molecule has 1 unspecified atom stereocenters. The Bertz CT molecular complexity index is 348. The van der Waals surface area contributed by atoms with Crippen molar-refractivity contribution in [3.05, 3.63) is 17.8 Å². The summed E-state index contributed by atoms with van der Waals surface area (Å²) < 4.78 is 5.35. The summed E-state index contributed by atoms with van der Waals surface area (Å²) in [5.41, 5.74) is 7.78. The van der Waals surface area contributed by atoms with E-state index in [9.17, 15) is 0 Å². The first-order valence-electron chi connectivity index (χ1n) is 5.21. The fourth-order valence-electron chi connectivity index (χ4n) is 1.88. The van der Waals surface area contributed by atoms with Crippen molar-refractivity contribution in [1.29, 1.82) is 0 Å². The van der Waals surface area contributed by atoms with Crippen molar-refractivity contribution in [2.24, 2.45) is 0 Å². The van der Waals surface area contributed by atoms with E-state index in [1.54, 1.807) is 0 Å². The molecule has 1 aliphatic rings. The number of hydrogen-bond acceptors (Lipinski definition) is 4. The quantitative estimate of drug-likeness (QED) is 0.791. The van der Waals surface area contributed by atoms with Gasteiger partial charge in [0.2, 0.25) is 0 Å². The second-order valence-electron chi connectivity index (χ2n) is 4.05. The summed E-state index contributed by atoms with van der Waals surface area (Å²) in [7, 11) is 2.02. The number of rotatable bonds is 2. The highest BCUT2D eigenvalue weighted by Crippen LogP contribution is 2.24. The molecule has 1 atom stereocenters. The second kappa shape index (κ2) is 4.06. The minimum atomic E-state index is 0.405. The summed E-state index contributed by atoms with van der Waals surface area (Å²) in [5, 5.41) is 0. The van der Waals surface area contributed by atoms with Gasteiger partial charge in [-0.05, 0) is 25.0 Å². The lowest BCUT2D eigenvalue weighted by atomic mass is 10.2. The molecule has 1 saturated heterocycles. The zero-order chi connectivity index (χ0) is 10.8. The first-order chi connectivity index (χ1) is 7.18. The van der Waals surface area contributed by atoms with Gasteiger partial charge in [0.25, 0.3) is 0 Å². The fourth-order valence-corrected chi connectivity index (χ4v) is 1.88. The van der Waals surface area contributed by atoms with Crippen molar-refractivity contribution >= 4 is 11.5 Å². The Kier molecular flexibility index (Phi) is 2.77. The van der Waals surface area contributed by atoms with Crippen LogP contribution < -0.4 is 10.6 Å². The van der Waals surface area contributed by atoms with Gasteiger partial charge in [0.05, 0.1) is 18.3 Å². The average molecular weight is 207 g/mol. The lowest BCUT2D eigenvalue weighted by Gasteiger charge is -2.25. The number of aryl methyl sites for hydroxylation is 1. The van der Waals surface area contributed by atoms with E-state index in [0.29, 0.717) is 6.04 Å². The molecule has 1 fully saturated rings. The van der Waals surface area contributed by atoms with Crippen LogP contribution in [0, 0.1) is 6.92 Å². The van der Waals surface area contributed by atoms with E-state index in [-0.39, 0.29) is 0 Å². The maximum atomic E-state index is 5.94. The van der Waals surface area contributed by atoms with Crippen LogP contribution in [0.25, 0.3) is 0 Å². The Morgan fingerprint density at radius 1 is 1.60 bits per heavy atom. The first-order valence-corrected chi connectivity index (χ1v) is 5.21. The minimum absolute atomic E-state index is 0.405. The zero-order valence-electron chi connectivity index (χ0n) is 9.23. The zero-order valence-corrected chi connectivity index (χ0v) is 9.23. The topological polar surface area (TPSA) is 51.4 Å². The van der Waals surface area contributed by atoms with Crippen LogP contribution in [-0.4, -0.2) is 31.3 Å². The van der Waals surface area contributed by atoms with Gasteiger partial charge < -0.3 is 15.4 Å². The van der Waals surface area contributed by atoms with Gasteiger partial charge in [-0.2, -0.15) is 0 Å². The number of likely N-dealkylation sites (N-methyl/N-ethyl adjacent to an activating group) is 1. The van der Waals surface area contributed by atoms with Gasteiger partial charge in [0.15, 0.2) is 5.82 Å². The Hall–Kier alpha value is -1.29. The van der Waals surface area contributed by atoms with Gasteiger partial charge in [0.1, 0.15) is 0 Å². The van der Waals surface area contributed by atoms with E-state index in [1.807, 2.05) is 26.2 Å². The van der Waals surface area contributed by atoms with Crippen molar-refractivity contribution in [3.63, 3.8) is 0 Å². The number of nitrogens with zero attached hydrogens (tertiary/aromatic N) is 2. The van der Waals surface area contributed by atoms with E-state index in [4.69, 9.17) is 10.5 Å². The molecule has 4 nitrogen and oxygen atoms in total. The van der Waals surface area contributed by atoms with Crippen LogP contribution in [0.15, 0.2) is 12.3 Å². The maximum absolute atomic E-state index is 5.94. The number of anilines is 2. The van der Waals surface area contributed by atoms with Crippen LogP contribution >= 0.6 is 0 Å². The molecule has 0 aliphatic carbocycles. The summed E-state index contributed by atoms with van der Waals surface area (Å²) in [6, 6.07) is 2.36. The third-order valence-electron chi connectivity index (χ3n) is 2.82. The summed E-state index contributed by atoms with van der Waals surface area (Å²) in [5.74, 6) is 0.858. The molecule has 2 rings (SSSR count). The van der Waals surface area contributed by atoms with E-state index in [2.05, 4.69) is 9.88 Å². The second-order valence-corrected chi connectivity index (χ2v) is 4.05. The van der Waals surface area contributed by atoms with Gasteiger partial charge in [-0.25, -0.2) is 4.98 Å². The predicted molar refractivity (Wildman–Crippen MR) is 61.0 cm³/mol. The molecule has 0 saturated carbocycles. The SMILES string of the molecule is Cc1cnc(N(C)C2CCOC2)c(N)c1. The lowest BCUT2D eigenvalue weighted by molar-refractivity contribution is 0.193.